The van der Waals surface area contributed by atoms with E-state index in [0.717, 1.165) is 56.4 Å². The summed E-state index contributed by atoms with van der Waals surface area (Å²) in [6, 6.07) is 5.44. The Hall–Kier alpha value is -1.88. The highest BCUT2D eigenvalue weighted by Gasteiger charge is 2.40. The van der Waals surface area contributed by atoms with Crippen molar-refractivity contribution >= 4 is 17.5 Å². The quantitative estimate of drug-likeness (QED) is 0.872. The fraction of sp³-hybridized carbons (Fsp3) is 0.579. The highest BCUT2D eigenvalue weighted by Crippen LogP contribution is 2.40. The molecule has 3 aliphatic rings. The molecule has 128 valence electrons. The summed E-state index contributed by atoms with van der Waals surface area (Å²) in [6.07, 6.45) is 7.53. The van der Waals surface area contributed by atoms with Crippen molar-refractivity contribution in [3.63, 3.8) is 0 Å². The van der Waals surface area contributed by atoms with Crippen molar-refractivity contribution in [1.82, 2.24) is 5.32 Å². The number of hydrogen-bond donors (Lipinski definition) is 2. The number of nitrogens with zero attached hydrogens (tertiary/aromatic N) is 1. The molecule has 24 heavy (non-hydrogen) atoms. The average molecular weight is 327 g/mol. The van der Waals surface area contributed by atoms with Crippen LogP contribution in [0.2, 0.25) is 0 Å². The van der Waals surface area contributed by atoms with Crippen molar-refractivity contribution in [2.45, 2.75) is 50.5 Å². The van der Waals surface area contributed by atoms with Crippen molar-refractivity contribution in [3.8, 4) is 0 Å². The number of benzene rings is 1. The second-order valence-corrected chi connectivity index (χ2v) is 7.53. The van der Waals surface area contributed by atoms with Crippen molar-refractivity contribution in [1.29, 1.82) is 0 Å². The summed E-state index contributed by atoms with van der Waals surface area (Å²) in [5.41, 5.74) is 8.21. The van der Waals surface area contributed by atoms with Crippen LogP contribution in [0.3, 0.4) is 0 Å². The third-order valence-electron chi connectivity index (χ3n) is 6.15. The monoisotopic (exact) mass is 327 g/mol. The highest BCUT2D eigenvalue weighted by atomic mass is 16.2. The number of fused-ring (bicyclic) bond motifs is 1. The van der Waals surface area contributed by atoms with Crippen LogP contribution in [0.4, 0.5) is 5.69 Å². The zero-order valence-corrected chi connectivity index (χ0v) is 14.0. The lowest BCUT2D eigenvalue weighted by Gasteiger charge is -2.38. The molecule has 0 radical (unpaired) electrons. The number of rotatable bonds is 2. The molecule has 1 aromatic carbocycles. The maximum absolute atomic E-state index is 13.0. The van der Waals surface area contributed by atoms with E-state index in [2.05, 4.69) is 5.32 Å². The predicted octanol–water partition coefficient (Wildman–Crippen LogP) is 1.99. The third-order valence-corrected chi connectivity index (χ3v) is 6.15. The SMILES string of the molecule is NC(=O)c1ccc2c(c1)CCN2C(=O)C1CCC2(CCCN2)CC1. The van der Waals surface area contributed by atoms with E-state index in [9.17, 15) is 9.59 Å². The van der Waals surface area contributed by atoms with Gasteiger partial charge in [0.15, 0.2) is 0 Å². The highest BCUT2D eigenvalue weighted by molar-refractivity contribution is 5.99. The summed E-state index contributed by atoms with van der Waals surface area (Å²) >= 11 is 0. The van der Waals surface area contributed by atoms with Gasteiger partial charge in [0, 0.05) is 29.3 Å². The molecule has 0 aromatic heterocycles. The van der Waals surface area contributed by atoms with Gasteiger partial charge >= 0.3 is 0 Å². The van der Waals surface area contributed by atoms with Gasteiger partial charge in [0.1, 0.15) is 0 Å². The second kappa shape index (κ2) is 5.88. The molecule has 1 aliphatic carbocycles. The average Bonchev–Trinajstić information content (AvgIpc) is 3.21. The van der Waals surface area contributed by atoms with E-state index in [1.165, 1.54) is 12.8 Å². The third kappa shape index (κ3) is 2.61. The lowest BCUT2D eigenvalue weighted by atomic mass is 9.75. The Labute approximate surface area is 142 Å². The summed E-state index contributed by atoms with van der Waals surface area (Å²) in [5.74, 6) is -0.0163. The van der Waals surface area contributed by atoms with E-state index in [1.807, 2.05) is 17.0 Å². The van der Waals surface area contributed by atoms with Gasteiger partial charge in [-0.2, -0.15) is 0 Å². The van der Waals surface area contributed by atoms with Gasteiger partial charge in [0.05, 0.1) is 0 Å². The molecule has 2 fully saturated rings. The number of anilines is 1. The summed E-state index contributed by atoms with van der Waals surface area (Å²) < 4.78 is 0. The summed E-state index contributed by atoms with van der Waals surface area (Å²) in [4.78, 5) is 26.2. The van der Waals surface area contributed by atoms with Crippen LogP contribution >= 0.6 is 0 Å². The van der Waals surface area contributed by atoms with Gasteiger partial charge in [-0.1, -0.05) is 0 Å². The summed E-state index contributed by atoms with van der Waals surface area (Å²) in [5, 5.41) is 3.66. The summed E-state index contributed by atoms with van der Waals surface area (Å²) in [6.45, 7) is 1.84. The smallest absolute Gasteiger partial charge is 0.248 e. The van der Waals surface area contributed by atoms with E-state index in [-0.39, 0.29) is 11.8 Å². The molecular weight excluding hydrogens is 302 g/mol. The number of carbonyl (C=O) groups is 2. The fourth-order valence-electron chi connectivity index (χ4n) is 4.72. The van der Waals surface area contributed by atoms with E-state index >= 15 is 0 Å². The van der Waals surface area contributed by atoms with E-state index in [1.54, 1.807) is 6.07 Å². The first kappa shape index (κ1) is 15.6. The first-order chi connectivity index (χ1) is 11.6. The molecule has 4 rings (SSSR count). The Morgan fingerprint density at radius 2 is 2.00 bits per heavy atom. The molecule has 5 nitrogen and oxygen atoms in total. The van der Waals surface area contributed by atoms with Crippen molar-refractivity contribution in [2.75, 3.05) is 18.0 Å². The van der Waals surface area contributed by atoms with E-state index < -0.39 is 5.91 Å². The normalized spacial score (nSPS) is 29.0. The molecule has 0 atom stereocenters. The molecule has 3 N–H and O–H groups in total. The van der Waals surface area contributed by atoms with Gasteiger partial charge in [-0.25, -0.2) is 0 Å². The van der Waals surface area contributed by atoms with Crippen LogP contribution in [0.1, 0.15) is 54.4 Å². The van der Waals surface area contributed by atoms with Gasteiger partial charge in [-0.15, -0.1) is 0 Å². The Morgan fingerprint density at radius 3 is 2.67 bits per heavy atom. The van der Waals surface area contributed by atoms with Crippen LogP contribution in [0.25, 0.3) is 0 Å². The fourth-order valence-corrected chi connectivity index (χ4v) is 4.72. The minimum atomic E-state index is -0.413. The van der Waals surface area contributed by atoms with Gasteiger partial charge in [0.25, 0.3) is 0 Å². The van der Waals surface area contributed by atoms with Crippen LogP contribution in [-0.2, 0) is 11.2 Å². The van der Waals surface area contributed by atoms with Gasteiger partial charge < -0.3 is 16.0 Å². The molecule has 2 aliphatic heterocycles. The Morgan fingerprint density at radius 1 is 1.21 bits per heavy atom. The number of amides is 2. The molecule has 5 heteroatoms. The maximum Gasteiger partial charge on any atom is 0.248 e. The zero-order chi connectivity index (χ0) is 16.7. The van der Waals surface area contributed by atoms with Gasteiger partial charge in [0.2, 0.25) is 11.8 Å². The van der Waals surface area contributed by atoms with Crippen LogP contribution in [0.5, 0.6) is 0 Å². The van der Waals surface area contributed by atoms with E-state index in [0.29, 0.717) is 11.1 Å². The number of primary amides is 1. The number of carbonyl (C=O) groups excluding carboxylic acids is 2. The molecule has 0 unspecified atom stereocenters. The molecule has 2 amide bonds. The first-order valence-corrected chi connectivity index (χ1v) is 9.07. The number of nitrogens with two attached hydrogens (primary N) is 1. The largest absolute Gasteiger partial charge is 0.366 e. The maximum atomic E-state index is 13.0. The minimum Gasteiger partial charge on any atom is -0.366 e. The molecule has 1 saturated carbocycles. The topological polar surface area (TPSA) is 75.4 Å². The lowest BCUT2D eigenvalue weighted by molar-refractivity contribution is -0.123. The Balaban J connectivity index is 1.46. The zero-order valence-electron chi connectivity index (χ0n) is 14.0. The standard InChI is InChI=1S/C19H25N3O2/c20-17(23)15-2-3-16-14(12-15)6-11-22(16)18(24)13-4-8-19(9-5-13)7-1-10-21-19/h2-3,12-13,21H,1,4-11H2,(H2,20,23). The molecular formula is C19H25N3O2. The second-order valence-electron chi connectivity index (χ2n) is 7.53. The summed E-state index contributed by atoms with van der Waals surface area (Å²) in [7, 11) is 0. The lowest BCUT2D eigenvalue weighted by Crippen LogP contribution is -2.46. The van der Waals surface area contributed by atoms with Crippen molar-refractivity contribution in [2.24, 2.45) is 11.7 Å². The van der Waals surface area contributed by atoms with Crippen molar-refractivity contribution in [3.05, 3.63) is 29.3 Å². The molecule has 1 aromatic rings. The van der Waals surface area contributed by atoms with Crippen LogP contribution in [0, 0.1) is 5.92 Å². The number of nitrogens with one attached hydrogen (secondary N) is 1. The van der Waals surface area contributed by atoms with Crippen LogP contribution < -0.4 is 16.0 Å². The van der Waals surface area contributed by atoms with E-state index in [4.69, 9.17) is 5.73 Å². The molecule has 0 bridgehead atoms. The molecule has 1 spiro atoms. The van der Waals surface area contributed by atoms with Crippen molar-refractivity contribution < 1.29 is 9.59 Å². The number of hydrogen-bond acceptors (Lipinski definition) is 3. The minimum absolute atomic E-state index is 0.139. The Kier molecular flexibility index (Phi) is 3.83. The molecule has 2 heterocycles. The van der Waals surface area contributed by atoms with Gasteiger partial charge in [-0.3, -0.25) is 9.59 Å². The van der Waals surface area contributed by atoms with Crippen LogP contribution in [-0.4, -0.2) is 30.4 Å². The predicted molar refractivity (Wildman–Crippen MR) is 92.9 cm³/mol. The first-order valence-electron chi connectivity index (χ1n) is 9.07. The van der Waals surface area contributed by atoms with Crippen LogP contribution in [0.15, 0.2) is 18.2 Å². The van der Waals surface area contributed by atoms with Gasteiger partial charge in [-0.05, 0) is 75.3 Å². The Bertz CT molecular complexity index is 669. The molecule has 1 saturated heterocycles.